The van der Waals surface area contributed by atoms with E-state index in [1.807, 2.05) is 25.1 Å². The topological polar surface area (TPSA) is 65.2 Å². The van der Waals surface area contributed by atoms with E-state index in [4.69, 9.17) is 9.26 Å². The fraction of sp³-hybridized carbons (Fsp3) is 0.118. The first-order chi connectivity index (χ1) is 11.6. The smallest absolute Gasteiger partial charge is 0.344 e. The van der Waals surface area contributed by atoms with Crippen molar-refractivity contribution in [3.05, 3.63) is 70.3 Å². The molecule has 0 fully saturated rings. The zero-order valence-corrected chi connectivity index (χ0v) is 15.1. The molecule has 0 aliphatic rings. The average Bonchev–Trinajstić information content (AvgIpc) is 3.01. The van der Waals surface area contributed by atoms with E-state index in [1.165, 1.54) is 11.8 Å². The molecule has 0 aliphatic carbocycles. The number of hydrogen-bond donors (Lipinski definition) is 0. The van der Waals surface area contributed by atoms with Crippen molar-refractivity contribution in [2.24, 2.45) is 0 Å². The predicted molar refractivity (Wildman–Crippen MR) is 94.1 cm³/mol. The molecule has 0 spiro atoms. The van der Waals surface area contributed by atoms with Crippen LogP contribution in [0.5, 0.6) is 5.75 Å². The number of carbonyl (C=O) groups excluding carboxylic acids is 1. The summed E-state index contributed by atoms with van der Waals surface area (Å²) in [6, 6.07) is 12.6. The number of thioether (sulfide) groups is 1. The number of esters is 1. The van der Waals surface area contributed by atoms with E-state index in [-0.39, 0.29) is 0 Å². The molecule has 3 aromatic rings. The number of benzene rings is 1. The van der Waals surface area contributed by atoms with E-state index in [9.17, 15) is 4.79 Å². The van der Waals surface area contributed by atoms with Crippen LogP contribution in [-0.4, -0.2) is 16.1 Å². The summed E-state index contributed by atoms with van der Waals surface area (Å²) in [5, 5.41) is 3.86. The highest BCUT2D eigenvalue weighted by atomic mass is 79.9. The number of halogens is 1. The van der Waals surface area contributed by atoms with Crippen LogP contribution < -0.4 is 4.74 Å². The first kappa shape index (κ1) is 16.7. The zero-order chi connectivity index (χ0) is 16.9. The molecule has 0 unspecified atom stereocenters. The molecule has 0 amide bonds. The molecule has 24 heavy (non-hydrogen) atoms. The Morgan fingerprint density at radius 1 is 1.29 bits per heavy atom. The van der Waals surface area contributed by atoms with Gasteiger partial charge in [-0.15, -0.1) is 11.8 Å². The van der Waals surface area contributed by atoms with Gasteiger partial charge in [0.15, 0.2) is 5.75 Å². The number of carbonyl (C=O) groups is 1. The number of rotatable bonds is 5. The Kier molecular flexibility index (Phi) is 5.32. The standard InChI is InChI=1S/C17H13BrN2O3S/c1-11-9-12(23-20-11)10-24-15-7-3-2-5-13(15)17(21)22-14-6-4-8-19-16(14)18/h2-9H,10H2,1H3. The highest BCUT2D eigenvalue weighted by Gasteiger charge is 2.16. The molecule has 0 saturated carbocycles. The summed E-state index contributed by atoms with van der Waals surface area (Å²) in [7, 11) is 0. The molecule has 2 aromatic heterocycles. The van der Waals surface area contributed by atoms with Crippen molar-refractivity contribution in [3.63, 3.8) is 0 Å². The van der Waals surface area contributed by atoms with Gasteiger partial charge in [0.05, 0.1) is 17.0 Å². The van der Waals surface area contributed by atoms with E-state index in [2.05, 4.69) is 26.1 Å². The van der Waals surface area contributed by atoms with E-state index in [1.54, 1.807) is 30.5 Å². The molecule has 1 aromatic carbocycles. The van der Waals surface area contributed by atoms with Crippen molar-refractivity contribution in [1.82, 2.24) is 10.1 Å². The van der Waals surface area contributed by atoms with Gasteiger partial charge in [0.2, 0.25) is 0 Å². The maximum atomic E-state index is 12.5. The lowest BCUT2D eigenvalue weighted by molar-refractivity contribution is 0.0729. The molecule has 0 atom stereocenters. The molecule has 7 heteroatoms. The number of pyridine rings is 1. The van der Waals surface area contributed by atoms with Gasteiger partial charge in [-0.1, -0.05) is 17.3 Å². The van der Waals surface area contributed by atoms with Crippen LogP contribution in [0.1, 0.15) is 21.8 Å². The first-order valence-electron chi connectivity index (χ1n) is 7.10. The second kappa shape index (κ2) is 7.63. The van der Waals surface area contributed by atoms with Crippen molar-refractivity contribution < 1.29 is 14.1 Å². The van der Waals surface area contributed by atoms with Crippen molar-refractivity contribution in [1.29, 1.82) is 0 Å². The lowest BCUT2D eigenvalue weighted by Gasteiger charge is -2.09. The van der Waals surface area contributed by atoms with Crippen LogP contribution in [-0.2, 0) is 5.75 Å². The summed E-state index contributed by atoms with van der Waals surface area (Å²) in [4.78, 5) is 17.3. The number of aryl methyl sites for hydroxylation is 1. The van der Waals surface area contributed by atoms with Crippen LogP contribution in [0.25, 0.3) is 0 Å². The third-order valence-electron chi connectivity index (χ3n) is 3.08. The monoisotopic (exact) mass is 404 g/mol. The van der Waals surface area contributed by atoms with Gasteiger partial charge in [0.25, 0.3) is 0 Å². The van der Waals surface area contributed by atoms with Crippen molar-refractivity contribution in [2.75, 3.05) is 0 Å². The second-order valence-electron chi connectivity index (χ2n) is 4.90. The SMILES string of the molecule is Cc1cc(CSc2ccccc2C(=O)Oc2cccnc2Br)on1. The molecule has 5 nitrogen and oxygen atoms in total. The normalized spacial score (nSPS) is 10.6. The largest absolute Gasteiger partial charge is 0.420 e. The van der Waals surface area contributed by atoms with E-state index < -0.39 is 5.97 Å². The van der Waals surface area contributed by atoms with Crippen molar-refractivity contribution in [3.8, 4) is 5.75 Å². The van der Waals surface area contributed by atoms with Crippen LogP contribution >= 0.6 is 27.7 Å². The number of hydrogen-bond acceptors (Lipinski definition) is 6. The number of nitrogens with zero attached hydrogens (tertiary/aromatic N) is 2. The van der Waals surface area contributed by atoms with Gasteiger partial charge in [0, 0.05) is 17.2 Å². The summed E-state index contributed by atoms with van der Waals surface area (Å²) in [6.07, 6.45) is 1.62. The lowest BCUT2D eigenvalue weighted by Crippen LogP contribution is -2.10. The maximum absolute atomic E-state index is 12.5. The molecular weight excluding hydrogens is 392 g/mol. The Morgan fingerprint density at radius 2 is 2.12 bits per heavy atom. The third-order valence-corrected chi connectivity index (χ3v) is 4.77. The van der Waals surface area contributed by atoms with Crippen molar-refractivity contribution in [2.45, 2.75) is 17.6 Å². The minimum absolute atomic E-state index is 0.383. The van der Waals surface area contributed by atoms with E-state index in [0.717, 1.165) is 16.3 Å². The summed E-state index contributed by atoms with van der Waals surface area (Å²) >= 11 is 4.76. The fourth-order valence-electron chi connectivity index (χ4n) is 2.00. The Morgan fingerprint density at radius 3 is 2.88 bits per heavy atom. The molecule has 2 heterocycles. The highest BCUT2D eigenvalue weighted by molar-refractivity contribution is 9.10. The minimum atomic E-state index is -0.430. The van der Waals surface area contributed by atoms with Crippen LogP contribution in [0.3, 0.4) is 0 Å². The Balaban J connectivity index is 1.75. The predicted octanol–water partition coefficient (Wildman–Crippen LogP) is 4.65. The van der Waals surface area contributed by atoms with Gasteiger partial charge in [-0.2, -0.15) is 0 Å². The second-order valence-corrected chi connectivity index (χ2v) is 6.67. The minimum Gasteiger partial charge on any atom is -0.420 e. The summed E-state index contributed by atoms with van der Waals surface area (Å²) in [6.45, 7) is 1.87. The Labute approximate surface area is 151 Å². The Bertz CT molecular complexity index is 866. The zero-order valence-electron chi connectivity index (χ0n) is 12.7. The van der Waals surface area contributed by atoms with Gasteiger partial charge in [-0.3, -0.25) is 0 Å². The molecular formula is C17H13BrN2O3S. The number of aromatic nitrogens is 2. The molecule has 0 saturated heterocycles. The van der Waals surface area contributed by atoms with Gasteiger partial charge in [-0.05, 0) is 47.1 Å². The number of ether oxygens (including phenoxy) is 1. The summed E-state index contributed by atoms with van der Waals surface area (Å²) in [5.74, 6) is 1.30. The first-order valence-corrected chi connectivity index (χ1v) is 8.88. The van der Waals surface area contributed by atoms with Gasteiger partial charge in [-0.25, -0.2) is 9.78 Å². The highest BCUT2D eigenvalue weighted by Crippen LogP contribution is 2.28. The summed E-state index contributed by atoms with van der Waals surface area (Å²) in [5.41, 5.74) is 1.33. The average molecular weight is 405 g/mol. The Hall–Kier alpha value is -2.12. The molecule has 122 valence electrons. The van der Waals surface area contributed by atoms with Crippen LogP contribution in [0.4, 0.5) is 0 Å². The van der Waals surface area contributed by atoms with Gasteiger partial charge < -0.3 is 9.26 Å². The van der Waals surface area contributed by atoms with E-state index >= 15 is 0 Å². The quantitative estimate of drug-likeness (QED) is 0.350. The van der Waals surface area contributed by atoms with Gasteiger partial charge in [0.1, 0.15) is 10.4 Å². The molecule has 0 bridgehead atoms. The summed E-state index contributed by atoms with van der Waals surface area (Å²) < 4.78 is 11.1. The van der Waals surface area contributed by atoms with Gasteiger partial charge >= 0.3 is 5.97 Å². The van der Waals surface area contributed by atoms with Crippen LogP contribution in [0.2, 0.25) is 0 Å². The molecule has 0 N–H and O–H groups in total. The van der Waals surface area contributed by atoms with Crippen LogP contribution in [0, 0.1) is 6.92 Å². The molecule has 0 aliphatic heterocycles. The third kappa shape index (κ3) is 4.04. The lowest BCUT2D eigenvalue weighted by atomic mass is 10.2. The van der Waals surface area contributed by atoms with Crippen LogP contribution in [0.15, 0.2) is 62.7 Å². The van der Waals surface area contributed by atoms with Crippen molar-refractivity contribution >= 4 is 33.7 Å². The molecule has 3 rings (SSSR count). The maximum Gasteiger partial charge on any atom is 0.344 e. The molecule has 0 radical (unpaired) electrons. The van der Waals surface area contributed by atoms with E-state index in [0.29, 0.717) is 21.7 Å². The fourth-order valence-corrected chi connectivity index (χ4v) is 3.24.